The topological polar surface area (TPSA) is 3.88 Å². The SMILES string of the molecule is Cc1cc(C)c(C)c(-c2c3sc4c(CC(C)C)cccc4c3cc[n+]2C)c1. The fourth-order valence-electron chi connectivity index (χ4n) is 4.16. The highest BCUT2D eigenvalue weighted by atomic mass is 32.1. The summed E-state index contributed by atoms with van der Waals surface area (Å²) in [4.78, 5) is 0. The molecule has 27 heavy (non-hydrogen) atoms. The number of aromatic nitrogens is 1. The molecule has 4 rings (SSSR count). The van der Waals surface area contributed by atoms with Crippen molar-refractivity contribution in [3.8, 4) is 11.3 Å². The lowest BCUT2D eigenvalue weighted by Gasteiger charge is -2.10. The lowest BCUT2D eigenvalue weighted by Crippen LogP contribution is -2.30. The second-order valence-electron chi connectivity index (χ2n) is 8.27. The minimum Gasteiger partial charge on any atom is -0.200 e. The molecule has 0 aliphatic carbocycles. The number of benzene rings is 2. The molecule has 0 N–H and O–H groups in total. The molecule has 4 aromatic rings. The molecule has 0 saturated carbocycles. The molecule has 0 unspecified atom stereocenters. The van der Waals surface area contributed by atoms with E-state index >= 15 is 0 Å². The molecule has 0 amide bonds. The van der Waals surface area contributed by atoms with Crippen LogP contribution in [-0.4, -0.2) is 0 Å². The first-order valence-electron chi connectivity index (χ1n) is 9.77. The van der Waals surface area contributed by atoms with Crippen LogP contribution in [0.4, 0.5) is 0 Å². The second kappa shape index (κ2) is 6.76. The third kappa shape index (κ3) is 3.06. The van der Waals surface area contributed by atoms with E-state index in [2.05, 4.69) is 88.8 Å². The highest BCUT2D eigenvalue weighted by Gasteiger charge is 2.22. The molecule has 0 spiro atoms. The molecule has 2 heteroatoms. The third-order valence-corrected chi connectivity index (χ3v) is 6.87. The van der Waals surface area contributed by atoms with Crippen molar-refractivity contribution >= 4 is 31.5 Å². The van der Waals surface area contributed by atoms with Crippen LogP contribution >= 0.6 is 11.3 Å². The molecular formula is C25H28NS+. The Balaban J connectivity index is 2.09. The van der Waals surface area contributed by atoms with Crippen LogP contribution in [-0.2, 0) is 13.5 Å². The Kier molecular flexibility index (Phi) is 4.55. The molecule has 138 valence electrons. The van der Waals surface area contributed by atoms with Crippen LogP contribution in [0.1, 0.15) is 36.1 Å². The first-order chi connectivity index (χ1) is 12.9. The van der Waals surface area contributed by atoms with Crippen LogP contribution in [0.2, 0.25) is 0 Å². The Labute approximate surface area is 166 Å². The van der Waals surface area contributed by atoms with Gasteiger partial charge >= 0.3 is 0 Å². The summed E-state index contributed by atoms with van der Waals surface area (Å²) in [5, 5.41) is 2.78. The zero-order chi connectivity index (χ0) is 19.3. The number of fused-ring (bicyclic) bond motifs is 3. The minimum absolute atomic E-state index is 0.665. The minimum atomic E-state index is 0.665. The van der Waals surface area contributed by atoms with Crippen LogP contribution < -0.4 is 4.57 Å². The second-order valence-corrected chi connectivity index (χ2v) is 9.29. The summed E-state index contributed by atoms with van der Waals surface area (Å²) < 4.78 is 5.15. The third-order valence-electron chi connectivity index (χ3n) is 5.56. The largest absolute Gasteiger partial charge is 0.230 e. The summed E-state index contributed by atoms with van der Waals surface area (Å²) in [5.74, 6) is 0.665. The van der Waals surface area contributed by atoms with Gasteiger partial charge in [-0.15, -0.1) is 11.3 Å². The Bertz CT molecular complexity index is 1160. The van der Waals surface area contributed by atoms with Gasteiger partial charge < -0.3 is 0 Å². The van der Waals surface area contributed by atoms with Crippen molar-refractivity contribution in [1.82, 2.24) is 0 Å². The molecule has 0 fully saturated rings. The molecular weight excluding hydrogens is 346 g/mol. The van der Waals surface area contributed by atoms with E-state index in [9.17, 15) is 0 Å². The monoisotopic (exact) mass is 374 g/mol. The van der Waals surface area contributed by atoms with E-state index < -0.39 is 0 Å². The highest BCUT2D eigenvalue weighted by molar-refractivity contribution is 7.26. The fraction of sp³-hybridized carbons (Fsp3) is 0.320. The number of pyridine rings is 1. The van der Waals surface area contributed by atoms with Gasteiger partial charge in [-0.25, -0.2) is 0 Å². The van der Waals surface area contributed by atoms with Gasteiger partial charge in [-0.3, -0.25) is 0 Å². The van der Waals surface area contributed by atoms with Crippen LogP contribution in [0.3, 0.4) is 0 Å². The van der Waals surface area contributed by atoms with Gasteiger partial charge in [-0.2, -0.15) is 4.57 Å². The Morgan fingerprint density at radius 2 is 1.70 bits per heavy atom. The number of thiophene rings is 1. The number of rotatable bonds is 3. The number of hydrogen-bond donors (Lipinski definition) is 0. The van der Waals surface area contributed by atoms with Gasteiger partial charge in [-0.05, 0) is 55.9 Å². The van der Waals surface area contributed by atoms with Crippen molar-refractivity contribution in [2.24, 2.45) is 13.0 Å². The predicted octanol–water partition coefficient (Wildman–Crippen LogP) is 6.67. The molecule has 2 aromatic carbocycles. The number of hydrogen-bond acceptors (Lipinski definition) is 1. The average Bonchev–Trinajstić information content (AvgIpc) is 2.97. The zero-order valence-electron chi connectivity index (χ0n) is 17.2. The summed E-state index contributed by atoms with van der Waals surface area (Å²) in [6.45, 7) is 11.3. The van der Waals surface area contributed by atoms with Crippen molar-refractivity contribution in [2.45, 2.75) is 41.0 Å². The number of nitrogens with zero attached hydrogens (tertiary/aromatic N) is 1. The molecule has 2 aromatic heterocycles. The van der Waals surface area contributed by atoms with E-state index in [4.69, 9.17) is 0 Å². The van der Waals surface area contributed by atoms with E-state index in [0.29, 0.717) is 5.92 Å². The molecule has 0 aliphatic rings. The summed E-state index contributed by atoms with van der Waals surface area (Å²) in [7, 11) is 2.17. The van der Waals surface area contributed by atoms with E-state index in [0.717, 1.165) is 6.42 Å². The number of aryl methyl sites for hydroxylation is 3. The van der Waals surface area contributed by atoms with Crippen molar-refractivity contribution < 1.29 is 4.57 Å². The Morgan fingerprint density at radius 3 is 2.44 bits per heavy atom. The van der Waals surface area contributed by atoms with Gasteiger partial charge in [0, 0.05) is 21.5 Å². The van der Waals surface area contributed by atoms with E-state index in [1.54, 1.807) is 0 Å². The fourth-order valence-corrected chi connectivity index (χ4v) is 5.57. The van der Waals surface area contributed by atoms with E-state index in [1.165, 1.54) is 53.7 Å². The normalized spacial score (nSPS) is 11.8. The molecule has 0 aliphatic heterocycles. The van der Waals surface area contributed by atoms with Gasteiger partial charge in [0.2, 0.25) is 5.69 Å². The van der Waals surface area contributed by atoms with Crippen molar-refractivity contribution in [1.29, 1.82) is 0 Å². The van der Waals surface area contributed by atoms with E-state index in [-0.39, 0.29) is 0 Å². The first-order valence-corrected chi connectivity index (χ1v) is 10.6. The maximum Gasteiger partial charge on any atom is 0.230 e. The van der Waals surface area contributed by atoms with Crippen LogP contribution in [0.25, 0.3) is 31.4 Å². The van der Waals surface area contributed by atoms with Gasteiger partial charge in [-0.1, -0.05) is 43.7 Å². The van der Waals surface area contributed by atoms with Gasteiger partial charge in [0.1, 0.15) is 11.7 Å². The van der Waals surface area contributed by atoms with Gasteiger partial charge in [0.15, 0.2) is 6.20 Å². The van der Waals surface area contributed by atoms with Gasteiger partial charge in [0.25, 0.3) is 0 Å². The van der Waals surface area contributed by atoms with Crippen molar-refractivity contribution in [3.63, 3.8) is 0 Å². The van der Waals surface area contributed by atoms with Crippen LogP contribution in [0, 0.1) is 26.7 Å². The molecule has 0 atom stereocenters. The maximum absolute atomic E-state index is 2.34. The molecule has 2 heterocycles. The quantitative estimate of drug-likeness (QED) is 0.353. The average molecular weight is 375 g/mol. The summed E-state index contributed by atoms with van der Waals surface area (Å²) in [5.41, 5.74) is 8.25. The molecule has 0 radical (unpaired) electrons. The summed E-state index contributed by atoms with van der Waals surface area (Å²) >= 11 is 1.97. The van der Waals surface area contributed by atoms with Crippen molar-refractivity contribution in [2.75, 3.05) is 0 Å². The maximum atomic E-state index is 2.34. The van der Waals surface area contributed by atoms with Crippen molar-refractivity contribution in [3.05, 3.63) is 64.8 Å². The lowest BCUT2D eigenvalue weighted by atomic mass is 9.96. The summed E-state index contributed by atoms with van der Waals surface area (Å²) in [6, 6.07) is 13.7. The Morgan fingerprint density at radius 1 is 0.963 bits per heavy atom. The molecule has 0 bridgehead atoms. The highest BCUT2D eigenvalue weighted by Crippen LogP contribution is 2.41. The van der Waals surface area contributed by atoms with Crippen LogP contribution in [0.15, 0.2) is 42.6 Å². The van der Waals surface area contributed by atoms with Crippen LogP contribution in [0.5, 0.6) is 0 Å². The Hall–Kier alpha value is -2.19. The molecule has 1 nitrogen and oxygen atoms in total. The zero-order valence-corrected chi connectivity index (χ0v) is 18.0. The smallest absolute Gasteiger partial charge is 0.200 e. The predicted molar refractivity (Wildman–Crippen MR) is 119 cm³/mol. The lowest BCUT2D eigenvalue weighted by molar-refractivity contribution is -0.659. The first kappa shape index (κ1) is 18.2. The van der Waals surface area contributed by atoms with E-state index in [1.807, 2.05) is 11.3 Å². The molecule has 0 saturated heterocycles. The standard InChI is InChI=1S/C25H28NS/c1-15(2)12-19-8-7-9-20-21-10-11-26(6)23(25(21)27-24(19)20)22-14-16(3)13-17(4)18(22)5/h7-11,13-15H,12H2,1-6H3/q+1. The summed E-state index contributed by atoms with van der Waals surface area (Å²) in [6.07, 6.45) is 3.35. The van der Waals surface area contributed by atoms with Gasteiger partial charge in [0.05, 0.1) is 5.56 Å².